The van der Waals surface area contributed by atoms with E-state index in [1.54, 1.807) is 7.11 Å². The molecule has 1 aromatic rings. The zero-order chi connectivity index (χ0) is 12.1. The number of allylic oxidation sites excluding steroid dienone is 2. The second kappa shape index (κ2) is 5.95. The van der Waals surface area contributed by atoms with Crippen LogP contribution in [0, 0.1) is 13.8 Å². The molecule has 1 nitrogen and oxygen atoms in total. The van der Waals surface area contributed by atoms with E-state index in [2.05, 4.69) is 19.1 Å². The molecule has 0 atom stereocenters. The lowest BCUT2D eigenvalue weighted by atomic mass is 9.99. The van der Waals surface area contributed by atoms with Crippen molar-refractivity contribution in [3.8, 4) is 5.75 Å². The monoisotopic (exact) mass is 238 g/mol. The molecule has 0 aliphatic heterocycles. The lowest BCUT2D eigenvalue weighted by molar-refractivity contribution is 0.406. The van der Waals surface area contributed by atoms with E-state index in [0.29, 0.717) is 0 Å². The molecule has 0 aliphatic carbocycles. The fourth-order valence-corrected chi connectivity index (χ4v) is 2.17. The average molecular weight is 239 g/mol. The van der Waals surface area contributed by atoms with Gasteiger partial charge in [-0.1, -0.05) is 23.8 Å². The van der Waals surface area contributed by atoms with Crippen LogP contribution in [-0.4, -0.2) is 7.11 Å². The molecule has 1 aromatic carbocycles. The van der Waals surface area contributed by atoms with Crippen molar-refractivity contribution in [2.45, 2.75) is 33.6 Å². The summed E-state index contributed by atoms with van der Waals surface area (Å²) in [6.07, 6.45) is 6.22. The van der Waals surface area contributed by atoms with Crippen molar-refractivity contribution in [3.05, 3.63) is 39.9 Å². The van der Waals surface area contributed by atoms with E-state index in [0.717, 1.165) is 34.7 Å². The Labute approximate surface area is 103 Å². The van der Waals surface area contributed by atoms with Gasteiger partial charge in [-0.05, 0) is 56.4 Å². The van der Waals surface area contributed by atoms with Gasteiger partial charge in [0, 0.05) is 5.02 Å². The summed E-state index contributed by atoms with van der Waals surface area (Å²) in [4.78, 5) is 0. The van der Waals surface area contributed by atoms with Crippen molar-refractivity contribution in [1.82, 2.24) is 0 Å². The molecule has 0 radical (unpaired) electrons. The van der Waals surface area contributed by atoms with Crippen LogP contribution in [0.15, 0.2) is 18.2 Å². The minimum absolute atomic E-state index is 0.828. The maximum Gasteiger partial charge on any atom is 0.125 e. The standard InChI is InChI=1S/C14H19ClO/c1-5-6-7-8-12-11(3)13(15)9-10(2)14(12)16-4/h5-6,9H,7-8H2,1-4H3/b6-5-. The average Bonchev–Trinajstić information content (AvgIpc) is 2.25. The first kappa shape index (κ1) is 13.1. The lowest BCUT2D eigenvalue weighted by Crippen LogP contribution is -1.98. The molecule has 0 saturated carbocycles. The van der Waals surface area contributed by atoms with E-state index < -0.39 is 0 Å². The maximum atomic E-state index is 6.19. The first-order valence-electron chi connectivity index (χ1n) is 5.55. The highest BCUT2D eigenvalue weighted by Crippen LogP contribution is 2.32. The zero-order valence-corrected chi connectivity index (χ0v) is 11.2. The minimum atomic E-state index is 0.828. The van der Waals surface area contributed by atoms with Crippen LogP contribution in [-0.2, 0) is 6.42 Å². The molecule has 2 heteroatoms. The number of ether oxygens (including phenoxy) is 1. The van der Waals surface area contributed by atoms with Crippen molar-refractivity contribution in [1.29, 1.82) is 0 Å². The van der Waals surface area contributed by atoms with E-state index in [1.165, 1.54) is 5.56 Å². The molecule has 0 unspecified atom stereocenters. The first-order valence-corrected chi connectivity index (χ1v) is 5.93. The SMILES string of the molecule is C/C=C\CCc1c(C)c(Cl)cc(C)c1OC. The number of benzene rings is 1. The smallest absolute Gasteiger partial charge is 0.125 e. The van der Waals surface area contributed by atoms with Gasteiger partial charge in [0.25, 0.3) is 0 Å². The van der Waals surface area contributed by atoms with Crippen molar-refractivity contribution in [3.63, 3.8) is 0 Å². The summed E-state index contributed by atoms with van der Waals surface area (Å²) >= 11 is 6.19. The molecular weight excluding hydrogens is 220 g/mol. The summed E-state index contributed by atoms with van der Waals surface area (Å²) in [6, 6.07) is 1.97. The number of aryl methyl sites for hydroxylation is 1. The van der Waals surface area contributed by atoms with Gasteiger partial charge >= 0.3 is 0 Å². The molecule has 0 fully saturated rings. The lowest BCUT2D eigenvalue weighted by Gasteiger charge is -2.15. The van der Waals surface area contributed by atoms with Gasteiger partial charge in [0.05, 0.1) is 7.11 Å². The normalized spacial score (nSPS) is 11.1. The predicted octanol–water partition coefficient (Wildman–Crippen LogP) is 4.47. The summed E-state index contributed by atoms with van der Waals surface area (Å²) in [6.45, 7) is 6.12. The van der Waals surface area contributed by atoms with Crippen LogP contribution < -0.4 is 4.74 Å². The van der Waals surface area contributed by atoms with Gasteiger partial charge in [0.15, 0.2) is 0 Å². The third-order valence-corrected chi connectivity index (χ3v) is 3.18. The van der Waals surface area contributed by atoms with Crippen LogP contribution in [0.25, 0.3) is 0 Å². The van der Waals surface area contributed by atoms with E-state index >= 15 is 0 Å². The number of hydrogen-bond donors (Lipinski definition) is 0. The summed E-state index contributed by atoms with van der Waals surface area (Å²) in [5.41, 5.74) is 3.47. The van der Waals surface area contributed by atoms with Crippen molar-refractivity contribution in [2.24, 2.45) is 0 Å². The Balaban J connectivity index is 3.12. The Hall–Kier alpha value is -0.950. The molecule has 88 valence electrons. The Morgan fingerprint density at radius 1 is 1.38 bits per heavy atom. The third-order valence-electron chi connectivity index (χ3n) is 2.79. The van der Waals surface area contributed by atoms with Crippen molar-refractivity contribution < 1.29 is 4.74 Å². The third kappa shape index (κ3) is 2.79. The van der Waals surface area contributed by atoms with Crippen LogP contribution in [0.3, 0.4) is 0 Å². The number of methoxy groups -OCH3 is 1. The van der Waals surface area contributed by atoms with Crippen LogP contribution in [0.1, 0.15) is 30.0 Å². The summed E-state index contributed by atoms with van der Waals surface area (Å²) in [5, 5.41) is 0.828. The molecule has 0 amide bonds. The highest BCUT2D eigenvalue weighted by atomic mass is 35.5. The largest absolute Gasteiger partial charge is 0.496 e. The maximum absolute atomic E-state index is 6.19. The van der Waals surface area contributed by atoms with Gasteiger partial charge in [0.1, 0.15) is 5.75 Å². The van der Waals surface area contributed by atoms with Gasteiger partial charge in [-0.3, -0.25) is 0 Å². The Morgan fingerprint density at radius 3 is 2.62 bits per heavy atom. The molecule has 0 spiro atoms. The van der Waals surface area contributed by atoms with Crippen molar-refractivity contribution >= 4 is 11.6 Å². The predicted molar refractivity (Wildman–Crippen MR) is 70.6 cm³/mol. The second-order valence-corrected chi connectivity index (χ2v) is 4.33. The van der Waals surface area contributed by atoms with E-state index in [9.17, 15) is 0 Å². The van der Waals surface area contributed by atoms with Gasteiger partial charge in [-0.15, -0.1) is 0 Å². The minimum Gasteiger partial charge on any atom is -0.496 e. The zero-order valence-electron chi connectivity index (χ0n) is 10.4. The molecule has 0 aliphatic rings. The first-order chi connectivity index (χ1) is 7.61. The highest BCUT2D eigenvalue weighted by Gasteiger charge is 2.12. The summed E-state index contributed by atoms with van der Waals surface area (Å²) in [5.74, 6) is 0.978. The van der Waals surface area contributed by atoms with Crippen LogP contribution in [0.2, 0.25) is 5.02 Å². The quantitative estimate of drug-likeness (QED) is 0.703. The fourth-order valence-electron chi connectivity index (χ4n) is 1.90. The molecule has 0 heterocycles. The topological polar surface area (TPSA) is 9.23 Å². The molecule has 0 saturated heterocycles. The van der Waals surface area contributed by atoms with Gasteiger partial charge in [-0.25, -0.2) is 0 Å². The molecule has 0 N–H and O–H groups in total. The highest BCUT2D eigenvalue weighted by molar-refractivity contribution is 6.31. The fraction of sp³-hybridized carbons (Fsp3) is 0.429. The van der Waals surface area contributed by atoms with E-state index in [-0.39, 0.29) is 0 Å². The van der Waals surface area contributed by atoms with Crippen LogP contribution in [0.5, 0.6) is 5.75 Å². The number of halogens is 1. The Kier molecular flexibility index (Phi) is 4.88. The molecule has 0 bridgehead atoms. The van der Waals surface area contributed by atoms with Gasteiger partial charge in [0.2, 0.25) is 0 Å². The summed E-state index contributed by atoms with van der Waals surface area (Å²) < 4.78 is 5.46. The Morgan fingerprint density at radius 2 is 2.06 bits per heavy atom. The van der Waals surface area contributed by atoms with Crippen molar-refractivity contribution in [2.75, 3.05) is 7.11 Å². The molecule has 16 heavy (non-hydrogen) atoms. The van der Waals surface area contributed by atoms with Gasteiger partial charge < -0.3 is 4.74 Å². The molecule has 1 rings (SSSR count). The number of hydrogen-bond acceptors (Lipinski definition) is 1. The van der Waals surface area contributed by atoms with Crippen LogP contribution >= 0.6 is 11.6 Å². The van der Waals surface area contributed by atoms with Crippen LogP contribution in [0.4, 0.5) is 0 Å². The van der Waals surface area contributed by atoms with E-state index in [4.69, 9.17) is 16.3 Å². The second-order valence-electron chi connectivity index (χ2n) is 3.92. The molecule has 0 aromatic heterocycles. The molecular formula is C14H19ClO. The van der Waals surface area contributed by atoms with Gasteiger partial charge in [-0.2, -0.15) is 0 Å². The Bertz CT molecular complexity index is 394. The summed E-state index contributed by atoms with van der Waals surface area (Å²) in [7, 11) is 1.72. The number of rotatable bonds is 4. The van der Waals surface area contributed by atoms with E-state index in [1.807, 2.05) is 19.9 Å².